The van der Waals surface area contributed by atoms with Crippen LogP contribution < -0.4 is 5.73 Å². The third-order valence-corrected chi connectivity index (χ3v) is 9.21. The molecule has 0 aromatic heterocycles. The van der Waals surface area contributed by atoms with Crippen LogP contribution in [0.15, 0.2) is 85.1 Å². The van der Waals surface area contributed by atoms with Crippen molar-refractivity contribution >= 4 is 25.5 Å². The van der Waals surface area contributed by atoms with Crippen LogP contribution >= 0.6 is 7.82 Å². The second kappa shape index (κ2) is 40.1. The number of hydrogen-bond donors (Lipinski definition) is 2. The van der Waals surface area contributed by atoms with Gasteiger partial charge in [-0.25, -0.2) is 4.57 Å². The minimum absolute atomic E-state index is 0.00946. The Morgan fingerprint density at radius 1 is 0.589 bits per heavy atom. The van der Waals surface area contributed by atoms with E-state index in [-0.39, 0.29) is 51.2 Å². The van der Waals surface area contributed by atoms with Crippen molar-refractivity contribution in [1.82, 2.24) is 0 Å². The minimum Gasteiger partial charge on any atom is -0.462 e. The molecule has 0 radical (unpaired) electrons. The first-order valence-corrected chi connectivity index (χ1v) is 22.5. The van der Waals surface area contributed by atoms with Crippen LogP contribution in [0.4, 0.5) is 0 Å². The largest absolute Gasteiger partial charge is 0.472 e. The SMILES string of the molecule is CCCCC/C=C\C/C=C\C/C=C\C=C\C(=O)CCCC(=O)OC[C@H](COP(=O)(O)OCCN)OC(=O)CCC/C=C\C/C=C\C/C=C\CCCCCCCC. The summed E-state index contributed by atoms with van der Waals surface area (Å²) in [5.41, 5.74) is 5.32. The molecule has 0 bridgehead atoms. The minimum atomic E-state index is -4.45. The van der Waals surface area contributed by atoms with E-state index in [1.807, 2.05) is 18.2 Å². The van der Waals surface area contributed by atoms with Gasteiger partial charge in [0, 0.05) is 25.8 Å². The van der Waals surface area contributed by atoms with Crippen LogP contribution in [0.25, 0.3) is 0 Å². The summed E-state index contributed by atoms with van der Waals surface area (Å²) in [7, 11) is -4.45. The van der Waals surface area contributed by atoms with Gasteiger partial charge in [-0.05, 0) is 76.7 Å². The van der Waals surface area contributed by atoms with Crippen LogP contribution in [0.5, 0.6) is 0 Å². The zero-order valence-corrected chi connectivity index (χ0v) is 35.5. The number of hydrogen-bond acceptors (Lipinski definition) is 9. The second-order valence-corrected chi connectivity index (χ2v) is 15.0. The monoisotopic (exact) mass is 804 g/mol. The third kappa shape index (κ3) is 39.1. The zero-order chi connectivity index (χ0) is 41.2. The Hall–Kier alpha value is -3.14. The molecule has 3 N–H and O–H groups in total. The fourth-order valence-electron chi connectivity index (χ4n) is 5.07. The van der Waals surface area contributed by atoms with Gasteiger partial charge in [0.25, 0.3) is 0 Å². The van der Waals surface area contributed by atoms with Crippen LogP contribution in [0.2, 0.25) is 0 Å². The summed E-state index contributed by atoms with van der Waals surface area (Å²) in [6.45, 7) is 3.33. The molecule has 0 rings (SSSR count). The van der Waals surface area contributed by atoms with E-state index in [9.17, 15) is 23.8 Å². The van der Waals surface area contributed by atoms with E-state index in [1.54, 1.807) is 6.08 Å². The highest BCUT2D eigenvalue weighted by Crippen LogP contribution is 2.43. The number of phosphoric ester groups is 1. The topological polar surface area (TPSA) is 151 Å². The number of carbonyl (C=O) groups excluding carboxylic acids is 3. The zero-order valence-electron chi connectivity index (χ0n) is 34.6. The Morgan fingerprint density at radius 3 is 1.73 bits per heavy atom. The highest BCUT2D eigenvalue weighted by Gasteiger charge is 2.26. The standard InChI is InChI=1S/C45H74NO9P/c1-3-5-7-9-11-13-15-17-18-19-20-22-24-26-28-30-32-36-45(49)55-43(41-54-56(50,51)53-39-38-46)40-52-44(48)37-33-35-42(47)34-31-29-27-25-23-21-16-14-12-10-8-6-4-2/h12,14,17-18,20-23,26-29,31,34,43H,3-11,13,15-16,19,24-25,30,32-33,35-41,46H2,1-2H3,(H,50,51)/b14-12-,18-17-,22-20-,23-21-,28-26-,29-27-,34-31+/t43-/m1/s1. The number of phosphoric acid groups is 1. The summed E-state index contributed by atoms with van der Waals surface area (Å²) >= 11 is 0. The Kier molecular flexibility index (Phi) is 37.8. The van der Waals surface area contributed by atoms with Gasteiger partial charge >= 0.3 is 19.8 Å². The van der Waals surface area contributed by atoms with Crippen molar-refractivity contribution in [3.05, 3.63) is 85.1 Å². The first-order valence-electron chi connectivity index (χ1n) is 21.0. The Balaban J connectivity index is 4.48. The Labute approximate surface area is 339 Å². The van der Waals surface area contributed by atoms with E-state index in [0.717, 1.165) is 38.5 Å². The quantitative estimate of drug-likeness (QED) is 0.0154. The summed E-state index contributed by atoms with van der Waals surface area (Å²) in [5.74, 6) is -1.27. The average Bonchev–Trinajstić information content (AvgIpc) is 3.18. The van der Waals surface area contributed by atoms with Crippen molar-refractivity contribution in [3.8, 4) is 0 Å². The molecule has 1 unspecified atom stereocenters. The van der Waals surface area contributed by atoms with E-state index in [1.165, 1.54) is 63.9 Å². The van der Waals surface area contributed by atoms with Crippen molar-refractivity contribution in [2.75, 3.05) is 26.4 Å². The van der Waals surface area contributed by atoms with Crippen LogP contribution in [0.1, 0.15) is 149 Å². The number of esters is 2. The van der Waals surface area contributed by atoms with E-state index >= 15 is 0 Å². The van der Waals surface area contributed by atoms with Crippen molar-refractivity contribution < 1.29 is 42.4 Å². The number of rotatable bonds is 38. The highest BCUT2D eigenvalue weighted by atomic mass is 31.2. The number of allylic oxidation sites excluding steroid dienone is 14. The lowest BCUT2D eigenvalue weighted by Crippen LogP contribution is -2.29. The van der Waals surface area contributed by atoms with Crippen LogP contribution in [-0.2, 0) is 37.5 Å². The molecule has 0 amide bonds. The molecular formula is C45H74NO9P. The van der Waals surface area contributed by atoms with Gasteiger partial charge in [0.2, 0.25) is 0 Å². The number of ketones is 1. The molecule has 0 aliphatic rings. The van der Waals surface area contributed by atoms with Gasteiger partial charge in [0.05, 0.1) is 13.2 Å². The fraction of sp³-hybridized carbons (Fsp3) is 0.622. The van der Waals surface area contributed by atoms with Crippen molar-refractivity contribution in [2.24, 2.45) is 5.73 Å². The average molecular weight is 804 g/mol. The van der Waals surface area contributed by atoms with E-state index < -0.39 is 32.5 Å². The lowest BCUT2D eigenvalue weighted by atomic mass is 10.1. The van der Waals surface area contributed by atoms with E-state index in [2.05, 4.69) is 68.5 Å². The number of unbranched alkanes of at least 4 members (excludes halogenated alkanes) is 10. The van der Waals surface area contributed by atoms with Gasteiger partial charge in [-0.1, -0.05) is 138 Å². The molecule has 0 aliphatic carbocycles. The van der Waals surface area contributed by atoms with E-state index in [0.29, 0.717) is 12.8 Å². The lowest BCUT2D eigenvalue weighted by molar-refractivity contribution is -0.161. The maximum absolute atomic E-state index is 12.5. The molecule has 0 heterocycles. The Morgan fingerprint density at radius 2 is 1.11 bits per heavy atom. The van der Waals surface area contributed by atoms with Crippen molar-refractivity contribution in [2.45, 2.75) is 155 Å². The van der Waals surface area contributed by atoms with Gasteiger partial charge in [-0.2, -0.15) is 0 Å². The summed E-state index contributed by atoms with van der Waals surface area (Å²) < 4.78 is 32.5. The second-order valence-electron chi connectivity index (χ2n) is 13.5. The summed E-state index contributed by atoms with van der Waals surface area (Å²) in [6, 6.07) is 0. The van der Waals surface area contributed by atoms with Gasteiger partial charge in [-0.15, -0.1) is 0 Å². The van der Waals surface area contributed by atoms with Gasteiger partial charge in [-0.3, -0.25) is 23.4 Å². The summed E-state index contributed by atoms with van der Waals surface area (Å²) in [4.78, 5) is 47.0. The molecular weight excluding hydrogens is 729 g/mol. The molecule has 0 aliphatic heterocycles. The molecule has 0 spiro atoms. The first-order chi connectivity index (χ1) is 27.2. The maximum atomic E-state index is 12.5. The molecule has 0 aromatic carbocycles. The smallest absolute Gasteiger partial charge is 0.462 e. The normalized spacial score (nSPS) is 14.1. The highest BCUT2D eigenvalue weighted by molar-refractivity contribution is 7.47. The molecule has 10 nitrogen and oxygen atoms in total. The third-order valence-electron chi connectivity index (χ3n) is 8.23. The molecule has 2 atom stereocenters. The predicted molar refractivity (Wildman–Crippen MR) is 229 cm³/mol. The van der Waals surface area contributed by atoms with Crippen molar-refractivity contribution in [3.63, 3.8) is 0 Å². The molecule has 0 aromatic rings. The summed E-state index contributed by atoms with van der Waals surface area (Å²) in [5, 5.41) is 0. The number of carbonyl (C=O) groups is 3. The lowest BCUT2D eigenvalue weighted by Gasteiger charge is -2.19. The van der Waals surface area contributed by atoms with Crippen molar-refractivity contribution in [1.29, 1.82) is 0 Å². The molecule has 318 valence electrons. The van der Waals surface area contributed by atoms with E-state index in [4.69, 9.17) is 24.3 Å². The molecule has 11 heteroatoms. The summed E-state index contributed by atoms with van der Waals surface area (Å²) in [6.07, 6.45) is 46.3. The molecule has 56 heavy (non-hydrogen) atoms. The predicted octanol–water partition coefficient (Wildman–Crippen LogP) is 11.2. The van der Waals surface area contributed by atoms with Crippen LogP contribution in [-0.4, -0.2) is 55.1 Å². The van der Waals surface area contributed by atoms with Gasteiger partial charge in [0.15, 0.2) is 11.9 Å². The molecule has 0 saturated heterocycles. The van der Waals surface area contributed by atoms with Crippen LogP contribution in [0, 0.1) is 0 Å². The number of nitrogens with two attached hydrogens (primary N) is 1. The van der Waals surface area contributed by atoms with Gasteiger partial charge < -0.3 is 20.1 Å². The maximum Gasteiger partial charge on any atom is 0.472 e. The van der Waals surface area contributed by atoms with Gasteiger partial charge in [0.1, 0.15) is 6.61 Å². The fourth-order valence-corrected chi connectivity index (χ4v) is 5.84. The molecule has 0 saturated carbocycles. The number of ether oxygens (including phenoxy) is 2. The van der Waals surface area contributed by atoms with Crippen LogP contribution in [0.3, 0.4) is 0 Å². The first kappa shape index (κ1) is 52.9. The Bertz CT molecular complexity index is 1250. The molecule has 0 fully saturated rings.